The molecule has 2 heterocycles. The maximum atomic E-state index is 12.9. The van der Waals surface area contributed by atoms with Gasteiger partial charge in [0.05, 0.1) is 30.5 Å². The van der Waals surface area contributed by atoms with Crippen molar-refractivity contribution in [3.63, 3.8) is 0 Å². The average Bonchev–Trinajstić information content (AvgIpc) is 2.97. The van der Waals surface area contributed by atoms with E-state index in [1.807, 2.05) is 22.6 Å². The number of ether oxygens (including phenoxy) is 1. The summed E-state index contributed by atoms with van der Waals surface area (Å²) in [5.41, 5.74) is 2.04. The Bertz CT molecular complexity index is 762. The molecule has 1 aliphatic heterocycles. The lowest BCUT2D eigenvalue weighted by Gasteiger charge is -2.24. The zero-order valence-corrected chi connectivity index (χ0v) is 13.7. The van der Waals surface area contributed by atoms with Crippen molar-refractivity contribution in [3.8, 4) is 6.07 Å². The van der Waals surface area contributed by atoms with Crippen molar-refractivity contribution >= 4 is 5.91 Å². The Labute approximate surface area is 141 Å². The molecule has 0 aliphatic carbocycles. The molecule has 6 nitrogen and oxygen atoms in total. The number of fused-ring (bicyclic) bond motifs is 1. The summed E-state index contributed by atoms with van der Waals surface area (Å²) < 4.78 is 7.52. The Hall–Kier alpha value is -2.65. The molecular weight excluding hydrogens is 304 g/mol. The molecule has 2 aromatic rings. The molecule has 124 valence electrons. The highest BCUT2D eigenvalue weighted by Gasteiger charge is 2.26. The molecule has 1 unspecified atom stereocenters. The fourth-order valence-corrected chi connectivity index (χ4v) is 2.98. The van der Waals surface area contributed by atoms with Crippen molar-refractivity contribution in [1.82, 2.24) is 14.7 Å². The topological polar surface area (TPSA) is 71.2 Å². The van der Waals surface area contributed by atoms with Gasteiger partial charge in [0, 0.05) is 37.4 Å². The van der Waals surface area contributed by atoms with Gasteiger partial charge in [-0.1, -0.05) is 6.07 Å². The zero-order valence-electron chi connectivity index (χ0n) is 13.7. The first-order chi connectivity index (χ1) is 11.7. The number of benzene rings is 1. The summed E-state index contributed by atoms with van der Waals surface area (Å²) in [4.78, 5) is 14.7. The zero-order chi connectivity index (χ0) is 16.9. The van der Waals surface area contributed by atoms with Gasteiger partial charge in [0.15, 0.2) is 0 Å². The van der Waals surface area contributed by atoms with Gasteiger partial charge in [0.1, 0.15) is 0 Å². The number of amides is 1. The predicted molar refractivity (Wildman–Crippen MR) is 88.1 cm³/mol. The Kier molecular flexibility index (Phi) is 4.92. The maximum absolute atomic E-state index is 12.9. The minimum absolute atomic E-state index is 0.0664. The van der Waals surface area contributed by atoms with Crippen molar-refractivity contribution in [2.75, 3.05) is 19.8 Å². The van der Waals surface area contributed by atoms with Gasteiger partial charge in [0.2, 0.25) is 0 Å². The first-order valence-corrected chi connectivity index (χ1v) is 8.09. The number of carbonyl (C=O) groups is 1. The molecule has 0 saturated heterocycles. The second kappa shape index (κ2) is 7.28. The van der Waals surface area contributed by atoms with Gasteiger partial charge in [0.25, 0.3) is 5.91 Å². The Morgan fingerprint density at radius 3 is 3.08 bits per heavy atom. The molecule has 1 aliphatic rings. The number of nitrogens with zero attached hydrogens (tertiary/aromatic N) is 4. The van der Waals surface area contributed by atoms with Gasteiger partial charge < -0.3 is 9.64 Å². The van der Waals surface area contributed by atoms with Crippen molar-refractivity contribution in [2.24, 2.45) is 5.92 Å². The lowest BCUT2D eigenvalue weighted by Crippen LogP contribution is -2.35. The average molecular weight is 324 g/mol. The van der Waals surface area contributed by atoms with E-state index in [9.17, 15) is 4.79 Å². The normalized spacial score (nSPS) is 17.0. The quantitative estimate of drug-likeness (QED) is 0.863. The molecule has 1 aromatic carbocycles. The molecule has 0 spiro atoms. The number of hydrogen-bond donors (Lipinski definition) is 0. The lowest BCUT2D eigenvalue weighted by atomic mass is 10.1. The largest absolute Gasteiger partial charge is 0.381 e. The summed E-state index contributed by atoms with van der Waals surface area (Å²) in [5.74, 6) is 0.123. The molecule has 1 aromatic heterocycles. The minimum atomic E-state index is -0.0664. The third kappa shape index (κ3) is 3.47. The van der Waals surface area contributed by atoms with Crippen LogP contribution >= 0.6 is 0 Å². The van der Waals surface area contributed by atoms with Gasteiger partial charge in [-0.3, -0.25) is 9.48 Å². The molecule has 6 heteroatoms. The van der Waals surface area contributed by atoms with Gasteiger partial charge in [-0.15, -0.1) is 0 Å². The molecule has 0 bridgehead atoms. The molecule has 3 rings (SSSR count). The third-order valence-corrected chi connectivity index (χ3v) is 4.15. The van der Waals surface area contributed by atoms with Crippen LogP contribution in [0.5, 0.6) is 0 Å². The van der Waals surface area contributed by atoms with Crippen LogP contribution in [0.2, 0.25) is 0 Å². The number of aromatic nitrogens is 2. The highest BCUT2D eigenvalue weighted by Crippen LogP contribution is 2.19. The van der Waals surface area contributed by atoms with E-state index in [0.717, 1.165) is 12.2 Å². The standard InChI is InChI=1S/C18H20N4O2/c1-2-24-13-15-10-21(12-17-6-7-20-22(17)11-15)18(23)16-5-3-4-14(8-16)9-19/h3-8,15H,2,10-13H2,1H3. The van der Waals surface area contributed by atoms with Gasteiger partial charge >= 0.3 is 0 Å². The van der Waals surface area contributed by atoms with Crippen LogP contribution in [0, 0.1) is 17.2 Å². The van der Waals surface area contributed by atoms with Gasteiger partial charge in [-0.05, 0) is 31.2 Å². The maximum Gasteiger partial charge on any atom is 0.254 e. The fourth-order valence-electron chi connectivity index (χ4n) is 2.98. The smallest absolute Gasteiger partial charge is 0.254 e. The van der Waals surface area contributed by atoms with E-state index in [4.69, 9.17) is 10.00 Å². The molecule has 0 fully saturated rings. The number of carbonyl (C=O) groups excluding carboxylic acids is 1. The summed E-state index contributed by atoms with van der Waals surface area (Å²) in [7, 11) is 0. The van der Waals surface area contributed by atoms with Gasteiger partial charge in [-0.25, -0.2) is 0 Å². The van der Waals surface area contributed by atoms with Crippen LogP contribution in [0.4, 0.5) is 0 Å². The Balaban J connectivity index is 1.85. The van der Waals surface area contributed by atoms with Crippen LogP contribution in [-0.2, 0) is 17.8 Å². The number of rotatable bonds is 4. The Morgan fingerprint density at radius 2 is 2.29 bits per heavy atom. The molecule has 1 atom stereocenters. The monoisotopic (exact) mass is 324 g/mol. The minimum Gasteiger partial charge on any atom is -0.381 e. The molecule has 1 amide bonds. The Morgan fingerprint density at radius 1 is 1.42 bits per heavy atom. The third-order valence-electron chi connectivity index (χ3n) is 4.15. The molecule has 0 radical (unpaired) electrons. The molecule has 0 N–H and O–H groups in total. The first-order valence-electron chi connectivity index (χ1n) is 8.09. The van der Waals surface area contributed by atoms with E-state index in [2.05, 4.69) is 11.2 Å². The second-order valence-electron chi connectivity index (χ2n) is 5.91. The molecule has 0 saturated carbocycles. The second-order valence-corrected chi connectivity index (χ2v) is 5.91. The predicted octanol–water partition coefficient (Wildman–Crippen LogP) is 2.06. The highest BCUT2D eigenvalue weighted by atomic mass is 16.5. The van der Waals surface area contributed by atoms with Crippen LogP contribution in [0.1, 0.15) is 28.5 Å². The summed E-state index contributed by atoms with van der Waals surface area (Å²) >= 11 is 0. The summed E-state index contributed by atoms with van der Waals surface area (Å²) in [6.45, 7) is 5.08. The van der Waals surface area contributed by atoms with E-state index in [1.165, 1.54) is 0 Å². The van der Waals surface area contributed by atoms with Crippen LogP contribution in [-0.4, -0.2) is 40.3 Å². The molecule has 24 heavy (non-hydrogen) atoms. The number of nitriles is 1. The van der Waals surface area contributed by atoms with E-state index >= 15 is 0 Å². The summed E-state index contributed by atoms with van der Waals surface area (Å²) in [6.07, 6.45) is 1.76. The van der Waals surface area contributed by atoms with Crippen molar-refractivity contribution in [2.45, 2.75) is 20.0 Å². The number of hydrogen-bond acceptors (Lipinski definition) is 4. The summed E-state index contributed by atoms with van der Waals surface area (Å²) in [6, 6.07) is 10.9. The van der Waals surface area contributed by atoms with Crippen molar-refractivity contribution in [3.05, 3.63) is 53.3 Å². The fraction of sp³-hybridized carbons (Fsp3) is 0.389. The van der Waals surface area contributed by atoms with Crippen LogP contribution in [0.25, 0.3) is 0 Å². The van der Waals surface area contributed by atoms with Crippen LogP contribution < -0.4 is 0 Å². The molecular formula is C18H20N4O2. The van der Waals surface area contributed by atoms with Crippen molar-refractivity contribution in [1.29, 1.82) is 5.26 Å². The first kappa shape index (κ1) is 16.2. The van der Waals surface area contributed by atoms with E-state index < -0.39 is 0 Å². The van der Waals surface area contributed by atoms with E-state index in [-0.39, 0.29) is 11.8 Å². The SMILES string of the molecule is CCOCC1CN(C(=O)c2cccc(C#N)c2)Cc2ccnn2C1. The van der Waals surface area contributed by atoms with Crippen LogP contribution in [0.15, 0.2) is 36.5 Å². The lowest BCUT2D eigenvalue weighted by molar-refractivity contribution is 0.0617. The summed E-state index contributed by atoms with van der Waals surface area (Å²) in [5, 5.41) is 13.4. The van der Waals surface area contributed by atoms with E-state index in [0.29, 0.717) is 37.4 Å². The van der Waals surface area contributed by atoms with Gasteiger partial charge in [-0.2, -0.15) is 10.4 Å². The van der Waals surface area contributed by atoms with Crippen LogP contribution in [0.3, 0.4) is 0 Å². The van der Waals surface area contributed by atoms with Crippen molar-refractivity contribution < 1.29 is 9.53 Å². The van der Waals surface area contributed by atoms with E-state index in [1.54, 1.807) is 30.5 Å². The highest BCUT2D eigenvalue weighted by molar-refractivity contribution is 5.94.